The lowest BCUT2D eigenvalue weighted by Gasteiger charge is -2.29. The molecule has 21 heavy (non-hydrogen) atoms. The second kappa shape index (κ2) is 5.84. The number of anilines is 2. The normalized spacial score (nSPS) is 17.2. The fourth-order valence-corrected chi connectivity index (χ4v) is 3.79. The SMILES string of the molecule is CCC1(CNc2c(N)cnc3ccc(Br)cc23)CCCC1. The van der Waals surface area contributed by atoms with Gasteiger partial charge in [0.25, 0.3) is 0 Å². The minimum Gasteiger partial charge on any atom is -0.396 e. The molecule has 0 saturated heterocycles. The van der Waals surface area contributed by atoms with Crippen molar-refractivity contribution in [3.63, 3.8) is 0 Å². The summed E-state index contributed by atoms with van der Waals surface area (Å²) in [5.41, 5.74) is 9.34. The van der Waals surface area contributed by atoms with Crippen LogP contribution in [-0.2, 0) is 0 Å². The highest BCUT2D eigenvalue weighted by Crippen LogP contribution is 2.41. The van der Waals surface area contributed by atoms with Gasteiger partial charge in [0, 0.05) is 16.4 Å². The van der Waals surface area contributed by atoms with E-state index < -0.39 is 0 Å². The number of rotatable bonds is 4. The zero-order valence-electron chi connectivity index (χ0n) is 12.5. The molecular weight excluding hydrogens is 326 g/mol. The van der Waals surface area contributed by atoms with Crippen LogP contribution in [-0.4, -0.2) is 11.5 Å². The highest BCUT2D eigenvalue weighted by Gasteiger charge is 2.31. The lowest BCUT2D eigenvalue weighted by Crippen LogP contribution is -2.26. The molecule has 4 heteroatoms. The number of nitrogens with one attached hydrogen (secondary N) is 1. The van der Waals surface area contributed by atoms with Crippen LogP contribution in [0.25, 0.3) is 10.9 Å². The summed E-state index contributed by atoms with van der Waals surface area (Å²) in [6.07, 6.45) is 8.34. The Labute approximate surface area is 134 Å². The summed E-state index contributed by atoms with van der Waals surface area (Å²) in [5.74, 6) is 0. The highest BCUT2D eigenvalue weighted by molar-refractivity contribution is 9.10. The van der Waals surface area contributed by atoms with Crippen molar-refractivity contribution in [2.45, 2.75) is 39.0 Å². The van der Waals surface area contributed by atoms with Crippen LogP contribution in [0.4, 0.5) is 11.4 Å². The van der Waals surface area contributed by atoms with Crippen molar-refractivity contribution in [1.82, 2.24) is 4.98 Å². The van der Waals surface area contributed by atoms with Crippen molar-refractivity contribution in [1.29, 1.82) is 0 Å². The number of aromatic nitrogens is 1. The third-order valence-corrected chi connectivity index (χ3v) is 5.41. The largest absolute Gasteiger partial charge is 0.396 e. The first-order chi connectivity index (χ1) is 10.1. The van der Waals surface area contributed by atoms with Crippen molar-refractivity contribution in [2.24, 2.45) is 5.41 Å². The van der Waals surface area contributed by atoms with E-state index in [4.69, 9.17) is 5.73 Å². The molecule has 0 unspecified atom stereocenters. The highest BCUT2D eigenvalue weighted by atomic mass is 79.9. The van der Waals surface area contributed by atoms with E-state index in [1.54, 1.807) is 6.20 Å². The fourth-order valence-electron chi connectivity index (χ4n) is 3.43. The fraction of sp³-hybridized carbons (Fsp3) is 0.471. The van der Waals surface area contributed by atoms with Gasteiger partial charge in [-0.1, -0.05) is 35.7 Å². The van der Waals surface area contributed by atoms with Gasteiger partial charge in [0.05, 0.1) is 23.1 Å². The summed E-state index contributed by atoms with van der Waals surface area (Å²) in [5, 5.41) is 4.72. The molecule has 1 heterocycles. The zero-order valence-corrected chi connectivity index (χ0v) is 14.0. The van der Waals surface area contributed by atoms with Crippen molar-refractivity contribution in [2.75, 3.05) is 17.6 Å². The molecule has 1 aromatic carbocycles. The predicted octanol–water partition coefficient (Wildman–Crippen LogP) is 4.96. The summed E-state index contributed by atoms with van der Waals surface area (Å²) in [7, 11) is 0. The number of halogens is 1. The van der Waals surface area contributed by atoms with Gasteiger partial charge in [-0.05, 0) is 42.9 Å². The molecule has 1 aliphatic rings. The molecule has 1 saturated carbocycles. The molecule has 0 radical (unpaired) electrons. The van der Waals surface area contributed by atoms with Crippen LogP contribution in [0.2, 0.25) is 0 Å². The molecule has 3 N–H and O–H groups in total. The molecule has 0 bridgehead atoms. The molecule has 0 atom stereocenters. The zero-order chi connectivity index (χ0) is 14.9. The molecule has 3 rings (SSSR count). The Kier molecular flexibility index (Phi) is 4.07. The molecule has 0 amide bonds. The average molecular weight is 348 g/mol. The molecular formula is C17H22BrN3. The molecule has 2 aromatic rings. The van der Waals surface area contributed by atoms with Crippen molar-refractivity contribution in [3.05, 3.63) is 28.9 Å². The quantitative estimate of drug-likeness (QED) is 0.821. The Balaban J connectivity index is 1.92. The van der Waals surface area contributed by atoms with E-state index in [0.29, 0.717) is 5.41 Å². The maximum absolute atomic E-state index is 6.17. The maximum Gasteiger partial charge on any atom is 0.0743 e. The average Bonchev–Trinajstić information content (AvgIpc) is 2.96. The minimum absolute atomic E-state index is 0.439. The summed E-state index contributed by atoms with van der Waals surface area (Å²) in [6, 6.07) is 6.13. The standard InChI is InChI=1S/C17H22BrN3/c1-2-17(7-3-4-8-17)11-21-16-13-9-12(18)5-6-15(13)20-10-14(16)19/h5-6,9-10H,2-4,7-8,11,19H2,1H3,(H,20,21). The number of hydrogen-bond acceptors (Lipinski definition) is 3. The van der Waals surface area contributed by atoms with Crippen LogP contribution >= 0.6 is 15.9 Å². The monoisotopic (exact) mass is 347 g/mol. The Morgan fingerprint density at radius 1 is 1.33 bits per heavy atom. The lowest BCUT2D eigenvalue weighted by atomic mass is 9.83. The molecule has 0 spiro atoms. The summed E-state index contributed by atoms with van der Waals surface area (Å²) < 4.78 is 1.05. The first-order valence-corrected chi connectivity index (χ1v) is 8.50. The first kappa shape index (κ1) is 14.6. The van der Waals surface area contributed by atoms with Crippen LogP contribution in [0.5, 0.6) is 0 Å². The lowest BCUT2D eigenvalue weighted by molar-refractivity contribution is 0.307. The Hall–Kier alpha value is -1.29. The Morgan fingerprint density at radius 3 is 2.81 bits per heavy atom. The van der Waals surface area contributed by atoms with Gasteiger partial charge in [-0.2, -0.15) is 0 Å². The molecule has 112 valence electrons. The van der Waals surface area contributed by atoms with Crippen LogP contribution in [0.3, 0.4) is 0 Å². The molecule has 3 nitrogen and oxygen atoms in total. The van der Waals surface area contributed by atoms with E-state index in [9.17, 15) is 0 Å². The van der Waals surface area contributed by atoms with E-state index in [2.05, 4.69) is 39.2 Å². The molecule has 1 fully saturated rings. The van der Waals surface area contributed by atoms with Crippen LogP contribution in [0.15, 0.2) is 28.9 Å². The van der Waals surface area contributed by atoms with Gasteiger partial charge in [-0.15, -0.1) is 0 Å². The van der Waals surface area contributed by atoms with E-state index in [1.807, 2.05) is 12.1 Å². The van der Waals surface area contributed by atoms with Crippen molar-refractivity contribution < 1.29 is 0 Å². The van der Waals surface area contributed by atoms with Gasteiger partial charge >= 0.3 is 0 Å². The summed E-state index contributed by atoms with van der Waals surface area (Å²) >= 11 is 3.54. The van der Waals surface area contributed by atoms with Crippen molar-refractivity contribution in [3.8, 4) is 0 Å². The number of fused-ring (bicyclic) bond motifs is 1. The van der Waals surface area contributed by atoms with Gasteiger partial charge in [-0.3, -0.25) is 4.98 Å². The Morgan fingerprint density at radius 2 is 2.10 bits per heavy atom. The Bertz CT molecular complexity index is 643. The van der Waals surface area contributed by atoms with E-state index in [0.717, 1.165) is 33.3 Å². The van der Waals surface area contributed by atoms with Gasteiger partial charge in [0.2, 0.25) is 0 Å². The number of benzene rings is 1. The first-order valence-electron chi connectivity index (χ1n) is 7.71. The van der Waals surface area contributed by atoms with E-state index >= 15 is 0 Å². The molecule has 0 aliphatic heterocycles. The maximum atomic E-state index is 6.17. The smallest absolute Gasteiger partial charge is 0.0743 e. The number of hydrogen-bond donors (Lipinski definition) is 2. The number of nitrogens with two attached hydrogens (primary N) is 1. The van der Waals surface area contributed by atoms with E-state index in [-0.39, 0.29) is 0 Å². The minimum atomic E-state index is 0.439. The number of nitrogens with zero attached hydrogens (tertiary/aromatic N) is 1. The third-order valence-electron chi connectivity index (χ3n) is 4.91. The van der Waals surface area contributed by atoms with Crippen LogP contribution in [0.1, 0.15) is 39.0 Å². The number of pyridine rings is 1. The van der Waals surface area contributed by atoms with Gasteiger partial charge in [0.15, 0.2) is 0 Å². The predicted molar refractivity (Wildman–Crippen MR) is 93.5 cm³/mol. The third kappa shape index (κ3) is 2.86. The second-order valence-electron chi connectivity index (χ2n) is 6.16. The van der Waals surface area contributed by atoms with E-state index in [1.165, 1.54) is 32.1 Å². The van der Waals surface area contributed by atoms with Gasteiger partial charge in [-0.25, -0.2) is 0 Å². The summed E-state index contributed by atoms with van der Waals surface area (Å²) in [6.45, 7) is 3.30. The van der Waals surface area contributed by atoms with Crippen LogP contribution in [0, 0.1) is 5.41 Å². The summed E-state index contributed by atoms with van der Waals surface area (Å²) in [4.78, 5) is 4.41. The second-order valence-corrected chi connectivity index (χ2v) is 7.08. The van der Waals surface area contributed by atoms with Gasteiger partial charge < -0.3 is 11.1 Å². The topological polar surface area (TPSA) is 50.9 Å². The molecule has 1 aromatic heterocycles. The van der Waals surface area contributed by atoms with Crippen LogP contribution < -0.4 is 11.1 Å². The number of nitrogen functional groups attached to an aromatic ring is 1. The van der Waals surface area contributed by atoms with Gasteiger partial charge in [0.1, 0.15) is 0 Å². The van der Waals surface area contributed by atoms with Crippen molar-refractivity contribution >= 4 is 38.2 Å². The molecule has 1 aliphatic carbocycles.